The van der Waals surface area contributed by atoms with Gasteiger partial charge in [0.1, 0.15) is 6.10 Å². The van der Waals surface area contributed by atoms with Crippen molar-refractivity contribution in [2.24, 2.45) is 0 Å². The van der Waals surface area contributed by atoms with Crippen molar-refractivity contribution in [2.45, 2.75) is 64.2 Å². The van der Waals surface area contributed by atoms with Gasteiger partial charge in [0, 0.05) is 17.4 Å². The Morgan fingerprint density at radius 2 is 2.19 bits per heavy atom. The van der Waals surface area contributed by atoms with E-state index in [1.165, 1.54) is 0 Å². The Bertz CT molecular complexity index is 290. The van der Waals surface area contributed by atoms with Crippen molar-refractivity contribution in [2.75, 3.05) is 0 Å². The summed E-state index contributed by atoms with van der Waals surface area (Å²) in [4.78, 5) is 10.9. The van der Waals surface area contributed by atoms with Crippen LogP contribution >= 0.6 is 0 Å². The van der Waals surface area contributed by atoms with E-state index in [1.807, 2.05) is 6.92 Å². The van der Waals surface area contributed by atoms with Crippen molar-refractivity contribution in [1.82, 2.24) is 0 Å². The Morgan fingerprint density at radius 3 is 2.69 bits per heavy atom. The molecule has 0 amide bonds. The molecule has 1 heterocycles. The molecule has 16 heavy (non-hydrogen) atoms. The Morgan fingerprint density at radius 1 is 1.56 bits per heavy atom. The van der Waals surface area contributed by atoms with Gasteiger partial charge in [-0.3, -0.25) is 10.1 Å². The number of nitrogens with zero attached hydrogens (tertiary/aromatic N) is 1. The maximum Gasteiger partial charge on any atom is 0.268 e. The first-order valence-corrected chi connectivity index (χ1v) is 5.93. The predicted octanol–water partition coefficient (Wildman–Crippen LogP) is 2.95. The monoisotopic (exact) mass is 227 g/mol. The second kappa shape index (κ2) is 4.95. The molecule has 0 radical (unpaired) electrons. The van der Waals surface area contributed by atoms with Crippen molar-refractivity contribution >= 4 is 0 Å². The van der Waals surface area contributed by atoms with Crippen LogP contribution in [0.3, 0.4) is 0 Å². The molecule has 4 heteroatoms. The van der Waals surface area contributed by atoms with E-state index in [2.05, 4.69) is 13.5 Å². The van der Waals surface area contributed by atoms with E-state index in [0.29, 0.717) is 5.57 Å². The highest BCUT2D eigenvalue weighted by atomic mass is 16.6. The van der Waals surface area contributed by atoms with Crippen LogP contribution in [0.5, 0.6) is 0 Å². The molecule has 1 saturated heterocycles. The van der Waals surface area contributed by atoms with Gasteiger partial charge >= 0.3 is 0 Å². The third kappa shape index (κ3) is 2.12. The maximum absolute atomic E-state index is 11.2. The summed E-state index contributed by atoms with van der Waals surface area (Å²) in [5.74, 6) is 0. The third-order valence-electron chi connectivity index (χ3n) is 3.59. The van der Waals surface area contributed by atoms with Crippen molar-refractivity contribution < 1.29 is 9.66 Å². The molecule has 0 aromatic rings. The molecule has 1 fully saturated rings. The molecule has 4 nitrogen and oxygen atoms in total. The second-order valence-corrected chi connectivity index (χ2v) is 4.69. The molecule has 0 bridgehead atoms. The molecule has 0 aromatic carbocycles. The van der Waals surface area contributed by atoms with Gasteiger partial charge in [-0.15, -0.1) is 0 Å². The van der Waals surface area contributed by atoms with Gasteiger partial charge in [-0.1, -0.05) is 32.8 Å². The van der Waals surface area contributed by atoms with Crippen molar-refractivity contribution in [3.05, 3.63) is 22.3 Å². The van der Waals surface area contributed by atoms with Gasteiger partial charge in [0.15, 0.2) is 0 Å². The molecule has 0 aromatic heterocycles. The third-order valence-corrected chi connectivity index (χ3v) is 3.59. The van der Waals surface area contributed by atoms with Gasteiger partial charge < -0.3 is 4.74 Å². The number of unbranched alkanes of at least 4 members (excludes halogenated alkanes) is 2. The van der Waals surface area contributed by atoms with E-state index in [4.69, 9.17) is 4.74 Å². The molecule has 0 spiro atoms. The molecular weight excluding hydrogens is 206 g/mol. The highest BCUT2D eigenvalue weighted by molar-refractivity contribution is 5.23. The van der Waals surface area contributed by atoms with Crippen molar-refractivity contribution in [3.8, 4) is 0 Å². The number of ether oxygens (including phenoxy) is 1. The van der Waals surface area contributed by atoms with Crippen LogP contribution in [0.15, 0.2) is 12.2 Å². The quantitative estimate of drug-likeness (QED) is 0.314. The van der Waals surface area contributed by atoms with Gasteiger partial charge in [0.2, 0.25) is 0 Å². The Kier molecular flexibility index (Phi) is 4.08. The van der Waals surface area contributed by atoms with E-state index in [-0.39, 0.29) is 17.1 Å². The van der Waals surface area contributed by atoms with E-state index in [1.54, 1.807) is 6.92 Å². The molecule has 0 N–H and O–H groups in total. The summed E-state index contributed by atoms with van der Waals surface area (Å²) in [6.07, 6.45) is 3.39. The predicted molar refractivity (Wildman–Crippen MR) is 63.0 cm³/mol. The van der Waals surface area contributed by atoms with Crippen molar-refractivity contribution in [3.63, 3.8) is 0 Å². The maximum atomic E-state index is 11.2. The zero-order valence-corrected chi connectivity index (χ0v) is 10.4. The first-order valence-electron chi connectivity index (χ1n) is 5.93. The number of nitro groups is 1. The summed E-state index contributed by atoms with van der Waals surface area (Å²) >= 11 is 0. The lowest BCUT2D eigenvalue weighted by atomic mass is 9.86. The van der Waals surface area contributed by atoms with Crippen LogP contribution < -0.4 is 0 Å². The van der Waals surface area contributed by atoms with Crippen LogP contribution in [0.2, 0.25) is 0 Å². The fourth-order valence-electron chi connectivity index (χ4n) is 2.24. The smallest absolute Gasteiger partial charge is 0.268 e. The summed E-state index contributed by atoms with van der Waals surface area (Å²) in [6.45, 7) is 9.41. The average Bonchev–Trinajstić information content (AvgIpc) is 2.45. The summed E-state index contributed by atoms with van der Waals surface area (Å²) < 4.78 is 5.66. The van der Waals surface area contributed by atoms with Gasteiger partial charge in [0.05, 0.1) is 6.10 Å². The molecule has 3 atom stereocenters. The van der Waals surface area contributed by atoms with Crippen LogP contribution in [-0.2, 0) is 4.74 Å². The fraction of sp³-hybridized carbons (Fsp3) is 0.833. The first kappa shape index (κ1) is 13.2. The van der Waals surface area contributed by atoms with Crippen LogP contribution in [0.1, 0.15) is 46.5 Å². The molecule has 92 valence electrons. The number of rotatable bonds is 5. The normalized spacial score (nSPS) is 34.3. The summed E-state index contributed by atoms with van der Waals surface area (Å²) in [5, 5.41) is 11.2. The van der Waals surface area contributed by atoms with E-state index >= 15 is 0 Å². The van der Waals surface area contributed by atoms with Crippen molar-refractivity contribution in [1.29, 1.82) is 0 Å². The van der Waals surface area contributed by atoms with Gasteiger partial charge in [-0.2, -0.15) is 0 Å². The fourth-order valence-corrected chi connectivity index (χ4v) is 2.24. The lowest BCUT2D eigenvalue weighted by Gasteiger charge is -2.22. The SMILES string of the molecule is C=C1C(C)O[C@H](CCCCC)[C@@]1(C)[N+](=O)[O-]. The molecule has 0 saturated carbocycles. The van der Waals surface area contributed by atoms with Crippen LogP contribution in [0.25, 0.3) is 0 Å². The molecule has 1 aliphatic rings. The van der Waals surface area contributed by atoms with Gasteiger partial charge in [-0.05, 0) is 13.3 Å². The van der Waals surface area contributed by atoms with Crippen LogP contribution in [-0.4, -0.2) is 22.7 Å². The molecule has 1 aliphatic heterocycles. The Labute approximate surface area is 96.8 Å². The zero-order chi connectivity index (χ0) is 12.3. The topological polar surface area (TPSA) is 52.4 Å². The lowest BCUT2D eigenvalue weighted by molar-refractivity contribution is -0.560. The van der Waals surface area contributed by atoms with Gasteiger partial charge in [-0.25, -0.2) is 0 Å². The minimum Gasteiger partial charge on any atom is -0.363 e. The van der Waals surface area contributed by atoms with E-state index in [0.717, 1.165) is 25.7 Å². The summed E-state index contributed by atoms with van der Waals surface area (Å²) in [7, 11) is 0. The lowest BCUT2D eigenvalue weighted by Crippen LogP contribution is -2.44. The molecule has 1 rings (SSSR count). The van der Waals surface area contributed by atoms with Gasteiger partial charge in [0.25, 0.3) is 5.54 Å². The minimum absolute atomic E-state index is 0.206. The molecule has 1 unspecified atom stereocenters. The molecule has 0 aliphatic carbocycles. The van der Waals surface area contributed by atoms with Crippen LogP contribution in [0, 0.1) is 10.1 Å². The van der Waals surface area contributed by atoms with Crippen LogP contribution in [0.4, 0.5) is 0 Å². The zero-order valence-electron chi connectivity index (χ0n) is 10.4. The Hall–Kier alpha value is -0.900. The highest BCUT2D eigenvalue weighted by Crippen LogP contribution is 2.39. The largest absolute Gasteiger partial charge is 0.363 e. The first-order chi connectivity index (χ1) is 7.44. The highest BCUT2D eigenvalue weighted by Gasteiger charge is 2.56. The standard InChI is InChI=1S/C12H21NO3/c1-5-6-7-8-11-12(4,13(14)15)9(2)10(3)16-11/h10-11H,2,5-8H2,1,3-4H3/t10?,11-,12+/m1/s1. The second-order valence-electron chi connectivity index (χ2n) is 4.69. The summed E-state index contributed by atoms with van der Waals surface area (Å²) in [5.41, 5.74) is -0.508. The summed E-state index contributed by atoms with van der Waals surface area (Å²) in [6, 6.07) is 0. The average molecular weight is 227 g/mol. The van der Waals surface area contributed by atoms with E-state index < -0.39 is 5.54 Å². The minimum atomic E-state index is -1.10. The molecular formula is C12H21NO3. The van der Waals surface area contributed by atoms with E-state index in [9.17, 15) is 10.1 Å². The Balaban J connectivity index is 2.75. The number of hydrogen-bond acceptors (Lipinski definition) is 3. The number of hydrogen-bond donors (Lipinski definition) is 0.